The molecule has 0 aromatic heterocycles. The first-order valence-corrected chi connectivity index (χ1v) is 8.47. The average molecular weight is 323 g/mol. The number of benzene rings is 1. The van der Waals surface area contributed by atoms with Crippen LogP contribution in [0.2, 0.25) is 0 Å². The fourth-order valence-electron chi connectivity index (χ4n) is 3.35. The van der Waals surface area contributed by atoms with Gasteiger partial charge in [-0.3, -0.25) is 0 Å². The summed E-state index contributed by atoms with van der Waals surface area (Å²) in [7, 11) is 0. The number of aryl methyl sites for hydroxylation is 2. The van der Waals surface area contributed by atoms with Crippen LogP contribution in [0.3, 0.4) is 0 Å². The maximum Gasteiger partial charge on any atom is 0.120 e. The van der Waals surface area contributed by atoms with Crippen LogP contribution in [0.4, 0.5) is 0 Å². The summed E-state index contributed by atoms with van der Waals surface area (Å²) in [6.07, 6.45) is 7.80. The molecule has 1 saturated carbocycles. The summed E-state index contributed by atoms with van der Waals surface area (Å²) in [6, 6.07) is 6.73. The molecule has 2 aliphatic rings. The molecule has 1 fully saturated rings. The van der Waals surface area contributed by atoms with Gasteiger partial charge in [0.1, 0.15) is 11.9 Å². The summed E-state index contributed by atoms with van der Waals surface area (Å²) in [5.41, 5.74) is 3.33. The minimum absolute atomic E-state index is 0.288. The molecule has 2 heteroatoms. The van der Waals surface area contributed by atoms with Gasteiger partial charge in [-0.05, 0) is 61.8 Å². The second kappa shape index (κ2) is 5.12. The number of hydrogen-bond acceptors (Lipinski definition) is 1. The summed E-state index contributed by atoms with van der Waals surface area (Å²) in [5, 5.41) is 0. The molecule has 2 aliphatic carbocycles. The Morgan fingerprint density at radius 2 is 2.00 bits per heavy atom. The molecule has 0 saturated heterocycles. The number of hydrogen-bond donors (Lipinski definition) is 0. The fourth-order valence-corrected chi connectivity index (χ4v) is 4.30. The molecule has 0 heterocycles. The van der Waals surface area contributed by atoms with Crippen molar-refractivity contribution in [2.24, 2.45) is 5.41 Å². The van der Waals surface area contributed by atoms with E-state index >= 15 is 0 Å². The van der Waals surface area contributed by atoms with Crippen LogP contribution < -0.4 is 4.74 Å². The Morgan fingerprint density at radius 1 is 1.26 bits per heavy atom. The lowest BCUT2D eigenvalue weighted by atomic mass is 9.65. The molecule has 0 amide bonds. The fraction of sp³-hybridized carbons (Fsp3) is 0.647. The van der Waals surface area contributed by atoms with Crippen LogP contribution >= 0.6 is 15.9 Å². The summed E-state index contributed by atoms with van der Waals surface area (Å²) >= 11 is 3.78. The Hall–Kier alpha value is -0.500. The van der Waals surface area contributed by atoms with Crippen LogP contribution in [0.15, 0.2) is 18.2 Å². The lowest BCUT2D eigenvalue weighted by Gasteiger charge is -2.50. The van der Waals surface area contributed by atoms with Crippen molar-refractivity contribution in [3.8, 4) is 5.75 Å². The molecule has 0 aliphatic heterocycles. The van der Waals surface area contributed by atoms with Crippen molar-refractivity contribution in [2.75, 3.05) is 0 Å². The molecular formula is C17H23BrO. The zero-order chi connectivity index (χ0) is 13.5. The first-order valence-electron chi connectivity index (χ1n) is 7.56. The Labute approximate surface area is 124 Å². The minimum atomic E-state index is 0.288. The van der Waals surface area contributed by atoms with Crippen LogP contribution in [-0.4, -0.2) is 10.9 Å². The molecule has 1 aromatic rings. The highest BCUT2D eigenvalue weighted by molar-refractivity contribution is 9.09. The van der Waals surface area contributed by atoms with E-state index in [2.05, 4.69) is 48.0 Å². The second-order valence-electron chi connectivity index (χ2n) is 6.31. The highest BCUT2D eigenvalue weighted by atomic mass is 79.9. The Balaban J connectivity index is 1.74. The van der Waals surface area contributed by atoms with Gasteiger partial charge in [0.15, 0.2) is 0 Å². The molecular weight excluding hydrogens is 300 g/mol. The van der Waals surface area contributed by atoms with Gasteiger partial charge in [0.05, 0.1) is 0 Å². The van der Waals surface area contributed by atoms with Gasteiger partial charge < -0.3 is 4.74 Å². The van der Waals surface area contributed by atoms with E-state index in [1.807, 2.05) is 0 Å². The average Bonchev–Trinajstić information content (AvgIpc) is 2.46. The lowest BCUT2D eigenvalue weighted by molar-refractivity contribution is -0.0243. The first kappa shape index (κ1) is 13.5. The summed E-state index contributed by atoms with van der Waals surface area (Å²) in [4.78, 5) is 0.604. The standard InChI is InChI=1S/C17H23BrO/c1-3-17(2)15(18)11-16(17)19-14-9-8-12-6-4-5-7-13(12)10-14/h8-10,15-16H,3-7,11H2,1-2H3. The van der Waals surface area contributed by atoms with Gasteiger partial charge in [-0.2, -0.15) is 0 Å². The Morgan fingerprint density at radius 3 is 2.68 bits per heavy atom. The molecule has 0 N–H and O–H groups in total. The van der Waals surface area contributed by atoms with Crippen LogP contribution in [0.25, 0.3) is 0 Å². The van der Waals surface area contributed by atoms with Crippen LogP contribution in [-0.2, 0) is 12.8 Å². The summed E-state index contributed by atoms with van der Waals surface area (Å²) in [5.74, 6) is 1.07. The largest absolute Gasteiger partial charge is 0.490 e. The SMILES string of the molecule is CCC1(C)C(Br)CC1Oc1ccc2c(c1)CCCC2. The Kier molecular flexibility index (Phi) is 3.63. The van der Waals surface area contributed by atoms with Crippen molar-refractivity contribution < 1.29 is 4.74 Å². The van der Waals surface area contributed by atoms with E-state index in [0.717, 1.165) is 12.2 Å². The third-order valence-corrected chi connectivity index (χ3v) is 6.65. The monoisotopic (exact) mass is 322 g/mol. The third kappa shape index (κ3) is 2.33. The quantitative estimate of drug-likeness (QED) is 0.719. The van der Waals surface area contributed by atoms with Crippen molar-refractivity contribution in [3.63, 3.8) is 0 Å². The van der Waals surface area contributed by atoms with Gasteiger partial charge in [-0.25, -0.2) is 0 Å². The number of alkyl halides is 1. The van der Waals surface area contributed by atoms with Gasteiger partial charge in [-0.1, -0.05) is 35.8 Å². The number of halogens is 1. The molecule has 3 rings (SSSR count). The maximum absolute atomic E-state index is 6.26. The van der Waals surface area contributed by atoms with Gasteiger partial charge in [0.2, 0.25) is 0 Å². The van der Waals surface area contributed by atoms with Crippen LogP contribution in [0.1, 0.15) is 50.7 Å². The maximum atomic E-state index is 6.26. The third-order valence-electron chi connectivity index (χ3n) is 5.23. The van der Waals surface area contributed by atoms with E-state index in [-0.39, 0.29) is 5.41 Å². The number of ether oxygens (including phenoxy) is 1. The predicted molar refractivity (Wildman–Crippen MR) is 83.2 cm³/mol. The van der Waals surface area contributed by atoms with Crippen LogP contribution in [0.5, 0.6) is 5.75 Å². The topological polar surface area (TPSA) is 9.23 Å². The molecule has 1 nitrogen and oxygen atoms in total. The number of fused-ring (bicyclic) bond motifs is 1. The van der Waals surface area contributed by atoms with Crippen molar-refractivity contribution in [3.05, 3.63) is 29.3 Å². The molecule has 0 bridgehead atoms. The first-order chi connectivity index (χ1) is 9.13. The van der Waals surface area contributed by atoms with E-state index in [4.69, 9.17) is 4.74 Å². The molecule has 3 atom stereocenters. The normalized spacial score (nSPS) is 33.4. The summed E-state index contributed by atoms with van der Waals surface area (Å²) in [6.45, 7) is 4.59. The zero-order valence-corrected chi connectivity index (χ0v) is 13.5. The predicted octanol–water partition coefficient (Wildman–Crippen LogP) is 4.90. The van der Waals surface area contributed by atoms with Crippen molar-refractivity contribution in [1.29, 1.82) is 0 Å². The molecule has 1 aromatic carbocycles. The molecule has 0 spiro atoms. The van der Waals surface area contributed by atoms with E-state index in [1.54, 1.807) is 0 Å². The van der Waals surface area contributed by atoms with E-state index in [9.17, 15) is 0 Å². The van der Waals surface area contributed by atoms with Gasteiger partial charge in [-0.15, -0.1) is 0 Å². The molecule has 104 valence electrons. The minimum Gasteiger partial charge on any atom is -0.490 e. The lowest BCUT2D eigenvalue weighted by Crippen LogP contribution is -2.54. The molecule has 0 radical (unpaired) electrons. The summed E-state index contributed by atoms with van der Waals surface area (Å²) < 4.78 is 6.26. The van der Waals surface area contributed by atoms with E-state index < -0.39 is 0 Å². The zero-order valence-electron chi connectivity index (χ0n) is 11.9. The van der Waals surface area contributed by atoms with Crippen molar-refractivity contribution in [1.82, 2.24) is 0 Å². The Bertz CT molecular complexity index is 470. The highest BCUT2D eigenvalue weighted by Gasteiger charge is 2.50. The smallest absolute Gasteiger partial charge is 0.120 e. The highest BCUT2D eigenvalue weighted by Crippen LogP contribution is 2.50. The van der Waals surface area contributed by atoms with E-state index in [1.165, 1.54) is 43.2 Å². The molecule has 3 unspecified atom stereocenters. The number of rotatable bonds is 3. The van der Waals surface area contributed by atoms with Crippen molar-refractivity contribution in [2.45, 2.75) is 63.3 Å². The van der Waals surface area contributed by atoms with Gasteiger partial charge in [0.25, 0.3) is 0 Å². The second-order valence-corrected chi connectivity index (χ2v) is 7.41. The molecule has 19 heavy (non-hydrogen) atoms. The van der Waals surface area contributed by atoms with E-state index in [0.29, 0.717) is 10.9 Å². The van der Waals surface area contributed by atoms with Gasteiger partial charge >= 0.3 is 0 Å². The van der Waals surface area contributed by atoms with Gasteiger partial charge in [0, 0.05) is 10.2 Å². The van der Waals surface area contributed by atoms with Crippen molar-refractivity contribution >= 4 is 15.9 Å². The van der Waals surface area contributed by atoms with Crippen LogP contribution in [0, 0.1) is 5.41 Å².